The summed E-state index contributed by atoms with van der Waals surface area (Å²) in [6.45, 7) is 4.73. The largest absolute Gasteiger partial charge is 0.497 e. The summed E-state index contributed by atoms with van der Waals surface area (Å²) in [6.07, 6.45) is 2.70. The van der Waals surface area contributed by atoms with Gasteiger partial charge in [-0.1, -0.05) is 29.4 Å². The first-order valence-electron chi connectivity index (χ1n) is 12.7. The minimum Gasteiger partial charge on any atom is -0.497 e. The Balaban J connectivity index is 1.43. The van der Waals surface area contributed by atoms with Crippen LogP contribution in [0.1, 0.15) is 25.7 Å². The number of amides is 1. The number of methoxy groups -OCH3 is 1. The molecule has 13 heteroatoms. The highest BCUT2D eigenvalue weighted by Crippen LogP contribution is 2.35. The molecule has 4 heterocycles. The predicted molar refractivity (Wildman–Crippen MR) is 151 cm³/mol. The van der Waals surface area contributed by atoms with Crippen molar-refractivity contribution >= 4 is 65.6 Å². The van der Waals surface area contributed by atoms with Crippen LogP contribution in [0.3, 0.4) is 0 Å². The van der Waals surface area contributed by atoms with Crippen LogP contribution in [0.4, 0.5) is 5.13 Å². The fraction of sp³-hybridized carbons (Fsp3) is 0.520. The highest BCUT2D eigenvalue weighted by molar-refractivity contribution is 7.91. The molecule has 0 radical (unpaired) electrons. The maximum atomic E-state index is 14.2. The molecular formula is C25H31ClN4O5S3. The number of anilines is 1. The molecule has 38 heavy (non-hydrogen) atoms. The number of hydrogen-bond donors (Lipinski definition) is 0. The third-order valence-electron chi connectivity index (χ3n) is 6.89. The Hall–Kier alpha value is -1.80. The number of hydrogen-bond acceptors (Lipinski definition) is 9. The van der Waals surface area contributed by atoms with Gasteiger partial charge in [0.1, 0.15) is 16.0 Å². The number of piperidine rings is 1. The first-order chi connectivity index (χ1) is 18.4. The van der Waals surface area contributed by atoms with Crippen molar-refractivity contribution in [1.82, 2.24) is 14.2 Å². The number of aromatic nitrogens is 1. The van der Waals surface area contributed by atoms with Crippen LogP contribution in [0, 0.1) is 0 Å². The summed E-state index contributed by atoms with van der Waals surface area (Å²) >= 11 is 8.50. The number of carbonyl (C=O) groups is 1. The Bertz CT molecular complexity index is 1370. The Labute approximate surface area is 236 Å². The normalized spacial score (nSPS) is 19.6. The molecule has 0 N–H and O–H groups in total. The van der Waals surface area contributed by atoms with Crippen LogP contribution in [0.2, 0.25) is 4.34 Å². The minimum atomic E-state index is -3.86. The number of nitrogens with zero attached hydrogens (tertiary/aromatic N) is 4. The van der Waals surface area contributed by atoms with Crippen molar-refractivity contribution in [3.63, 3.8) is 0 Å². The maximum absolute atomic E-state index is 14.2. The second kappa shape index (κ2) is 12.2. The summed E-state index contributed by atoms with van der Waals surface area (Å²) in [5, 5.41) is 0.572. The van der Waals surface area contributed by atoms with Gasteiger partial charge in [-0.05, 0) is 43.5 Å². The van der Waals surface area contributed by atoms with Crippen molar-refractivity contribution in [2.24, 2.45) is 0 Å². The second-order valence-corrected chi connectivity index (χ2v) is 14.2. The first-order valence-corrected chi connectivity index (χ1v) is 16.1. The zero-order valence-corrected chi connectivity index (χ0v) is 24.4. The van der Waals surface area contributed by atoms with Crippen LogP contribution in [-0.4, -0.2) is 87.6 Å². The zero-order chi connectivity index (χ0) is 26.7. The van der Waals surface area contributed by atoms with E-state index in [0.29, 0.717) is 54.4 Å². The fourth-order valence-electron chi connectivity index (χ4n) is 4.89. The molecule has 9 nitrogen and oxygen atoms in total. The van der Waals surface area contributed by atoms with Crippen molar-refractivity contribution in [3.8, 4) is 5.75 Å². The average Bonchev–Trinajstić information content (AvgIpc) is 3.57. The molecule has 206 valence electrons. The summed E-state index contributed by atoms with van der Waals surface area (Å²) < 4.78 is 40.8. The SMILES string of the molecule is COc1ccc2sc(N(CCCN3CCOCC3)C(=O)C3CCCCN3S(=O)(=O)c3ccc(Cl)s3)nc2c1. The van der Waals surface area contributed by atoms with Gasteiger partial charge in [-0.25, -0.2) is 13.4 Å². The number of thiophene rings is 1. The van der Waals surface area contributed by atoms with Gasteiger partial charge in [0.2, 0.25) is 5.91 Å². The number of sulfonamides is 1. The Kier molecular flexibility index (Phi) is 8.88. The summed E-state index contributed by atoms with van der Waals surface area (Å²) in [7, 11) is -2.25. The van der Waals surface area contributed by atoms with Crippen molar-refractivity contribution in [3.05, 3.63) is 34.7 Å². The van der Waals surface area contributed by atoms with E-state index in [1.165, 1.54) is 21.7 Å². The van der Waals surface area contributed by atoms with Crippen LogP contribution >= 0.6 is 34.3 Å². The Morgan fingerprint density at radius 1 is 1.18 bits per heavy atom. The van der Waals surface area contributed by atoms with Crippen molar-refractivity contribution in [2.75, 3.05) is 57.9 Å². The van der Waals surface area contributed by atoms with Crippen LogP contribution in [-0.2, 0) is 19.6 Å². The molecule has 1 aromatic carbocycles. The predicted octanol–water partition coefficient (Wildman–Crippen LogP) is 4.32. The summed E-state index contributed by atoms with van der Waals surface area (Å²) in [5.41, 5.74) is 0.747. The molecular weight excluding hydrogens is 568 g/mol. The van der Waals surface area contributed by atoms with E-state index in [1.807, 2.05) is 18.2 Å². The molecule has 1 atom stereocenters. The minimum absolute atomic E-state index is 0.160. The molecule has 0 saturated carbocycles. The monoisotopic (exact) mass is 598 g/mol. The van der Waals surface area contributed by atoms with E-state index < -0.39 is 16.1 Å². The number of benzene rings is 1. The van der Waals surface area contributed by atoms with E-state index in [0.717, 1.165) is 54.0 Å². The topological polar surface area (TPSA) is 92.3 Å². The number of rotatable bonds is 9. The third kappa shape index (κ3) is 6.01. The number of fused-ring (bicyclic) bond motifs is 1. The van der Waals surface area contributed by atoms with Gasteiger partial charge in [-0.3, -0.25) is 14.6 Å². The quantitative estimate of drug-likeness (QED) is 0.362. The van der Waals surface area contributed by atoms with E-state index in [-0.39, 0.29) is 10.1 Å². The highest BCUT2D eigenvalue weighted by atomic mass is 35.5. The molecule has 0 aliphatic carbocycles. The van der Waals surface area contributed by atoms with Gasteiger partial charge >= 0.3 is 0 Å². The standard InChI is InChI=1S/C25H31ClN4O5S3/c1-34-18-6-7-21-19(17-18)27-25(36-21)29(11-4-10-28-13-15-35-16-14-28)24(31)20-5-2-3-12-30(20)38(32,33)23-9-8-22(26)37-23/h6-9,17,20H,2-5,10-16H2,1H3. The average molecular weight is 599 g/mol. The second-order valence-electron chi connectivity index (χ2n) is 9.31. The van der Waals surface area contributed by atoms with E-state index in [4.69, 9.17) is 26.1 Å². The van der Waals surface area contributed by atoms with Crippen molar-refractivity contribution < 1.29 is 22.7 Å². The number of thiazole rings is 1. The molecule has 1 unspecified atom stereocenters. The van der Waals surface area contributed by atoms with Crippen molar-refractivity contribution in [1.29, 1.82) is 0 Å². The molecule has 1 amide bonds. The molecule has 5 rings (SSSR count). The molecule has 2 aliphatic heterocycles. The van der Waals surface area contributed by atoms with E-state index in [2.05, 4.69) is 4.90 Å². The van der Waals surface area contributed by atoms with Gasteiger partial charge in [0.25, 0.3) is 10.0 Å². The van der Waals surface area contributed by atoms with Crippen LogP contribution in [0.25, 0.3) is 10.2 Å². The van der Waals surface area contributed by atoms with Crippen LogP contribution < -0.4 is 9.64 Å². The van der Waals surface area contributed by atoms with Crippen LogP contribution in [0.5, 0.6) is 5.75 Å². The third-order valence-corrected chi connectivity index (χ3v) is 11.6. The van der Waals surface area contributed by atoms with Gasteiger partial charge in [0, 0.05) is 38.8 Å². The van der Waals surface area contributed by atoms with Gasteiger partial charge in [0.15, 0.2) is 5.13 Å². The lowest BCUT2D eigenvalue weighted by Gasteiger charge is -2.36. The lowest BCUT2D eigenvalue weighted by molar-refractivity contribution is -0.123. The lowest BCUT2D eigenvalue weighted by atomic mass is 10.0. The molecule has 2 aliphatic rings. The van der Waals surface area contributed by atoms with Gasteiger partial charge in [-0.2, -0.15) is 4.31 Å². The zero-order valence-electron chi connectivity index (χ0n) is 21.2. The molecule has 2 fully saturated rings. The first kappa shape index (κ1) is 27.8. The number of morpholine rings is 1. The van der Waals surface area contributed by atoms with E-state index in [1.54, 1.807) is 18.1 Å². The molecule has 3 aromatic rings. The molecule has 0 bridgehead atoms. The van der Waals surface area contributed by atoms with Gasteiger partial charge in [-0.15, -0.1) is 11.3 Å². The van der Waals surface area contributed by atoms with Gasteiger partial charge < -0.3 is 9.47 Å². The molecule has 2 saturated heterocycles. The number of ether oxygens (including phenoxy) is 2. The van der Waals surface area contributed by atoms with E-state index in [9.17, 15) is 13.2 Å². The van der Waals surface area contributed by atoms with Gasteiger partial charge in [0.05, 0.1) is 34.9 Å². The summed E-state index contributed by atoms with van der Waals surface area (Å²) in [4.78, 5) is 23.0. The smallest absolute Gasteiger partial charge is 0.253 e. The summed E-state index contributed by atoms with van der Waals surface area (Å²) in [5.74, 6) is 0.461. The number of halogens is 1. The maximum Gasteiger partial charge on any atom is 0.253 e. The fourth-order valence-corrected chi connectivity index (χ4v) is 9.13. The Morgan fingerprint density at radius 3 is 2.74 bits per heavy atom. The highest BCUT2D eigenvalue weighted by Gasteiger charge is 2.41. The lowest BCUT2D eigenvalue weighted by Crippen LogP contribution is -2.53. The Morgan fingerprint density at radius 2 is 2.00 bits per heavy atom. The van der Waals surface area contributed by atoms with Crippen molar-refractivity contribution in [2.45, 2.75) is 35.9 Å². The van der Waals surface area contributed by atoms with E-state index >= 15 is 0 Å². The molecule has 0 spiro atoms. The summed E-state index contributed by atoms with van der Waals surface area (Å²) in [6, 6.07) is 7.95. The number of carbonyl (C=O) groups excluding carboxylic acids is 1. The van der Waals surface area contributed by atoms with Crippen LogP contribution in [0.15, 0.2) is 34.5 Å². The molecule has 2 aromatic heterocycles.